The lowest BCUT2D eigenvalue weighted by molar-refractivity contribution is 0.384. The fourth-order valence-corrected chi connectivity index (χ4v) is 2.73. The van der Waals surface area contributed by atoms with E-state index in [9.17, 15) is 0 Å². The first kappa shape index (κ1) is 13.5. The van der Waals surface area contributed by atoms with Crippen molar-refractivity contribution in [3.05, 3.63) is 29.3 Å². The van der Waals surface area contributed by atoms with Crippen molar-refractivity contribution >= 4 is 0 Å². The van der Waals surface area contributed by atoms with Gasteiger partial charge in [-0.1, -0.05) is 52.3 Å². The molecule has 1 heteroatoms. The molecule has 1 fully saturated rings. The molecule has 0 heterocycles. The largest absolute Gasteiger partial charge is 0.496 e. The first-order chi connectivity index (χ1) is 8.53. The van der Waals surface area contributed by atoms with Crippen molar-refractivity contribution in [2.75, 3.05) is 7.11 Å². The second-order valence-electron chi connectivity index (χ2n) is 6.16. The van der Waals surface area contributed by atoms with Gasteiger partial charge in [-0.15, -0.1) is 0 Å². The van der Waals surface area contributed by atoms with Crippen LogP contribution in [-0.2, 0) is 5.41 Å². The molecule has 1 aliphatic rings. The van der Waals surface area contributed by atoms with Crippen LogP contribution in [0.3, 0.4) is 0 Å². The van der Waals surface area contributed by atoms with E-state index in [0.717, 1.165) is 5.75 Å². The Morgan fingerprint density at radius 1 is 1.28 bits per heavy atom. The van der Waals surface area contributed by atoms with Crippen LogP contribution in [0.5, 0.6) is 5.75 Å². The van der Waals surface area contributed by atoms with Gasteiger partial charge in [-0.05, 0) is 35.7 Å². The minimum Gasteiger partial charge on any atom is -0.496 e. The van der Waals surface area contributed by atoms with Crippen LogP contribution in [0.2, 0.25) is 0 Å². The van der Waals surface area contributed by atoms with E-state index in [1.807, 2.05) is 7.11 Å². The summed E-state index contributed by atoms with van der Waals surface area (Å²) in [5.41, 5.74) is 3.17. The van der Waals surface area contributed by atoms with Crippen LogP contribution in [0.1, 0.15) is 64.0 Å². The van der Waals surface area contributed by atoms with Crippen LogP contribution < -0.4 is 4.74 Å². The third-order valence-corrected chi connectivity index (χ3v) is 4.89. The zero-order valence-corrected chi connectivity index (χ0v) is 12.4. The van der Waals surface area contributed by atoms with Gasteiger partial charge < -0.3 is 4.74 Å². The molecule has 2 rings (SSSR count). The summed E-state index contributed by atoms with van der Waals surface area (Å²) in [7, 11) is 1.82. The average molecular weight is 246 g/mol. The van der Waals surface area contributed by atoms with Crippen molar-refractivity contribution < 1.29 is 4.74 Å². The second-order valence-corrected chi connectivity index (χ2v) is 6.16. The molecule has 0 aliphatic heterocycles. The highest BCUT2D eigenvalue weighted by molar-refractivity contribution is 5.49. The Morgan fingerprint density at radius 2 is 1.94 bits per heavy atom. The van der Waals surface area contributed by atoms with Gasteiger partial charge in [-0.25, -0.2) is 0 Å². The van der Waals surface area contributed by atoms with Gasteiger partial charge in [-0.3, -0.25) is 0 Å². The van der Waals surface area contributed by atoms with E-state index in [0.29, 0.717) is 17.3 Å². The molecule has 1 nitrogen and oxygen atoms in total. The highest BCUT2D eigenvalue weighted by atomic mass is 16.5. The lowest BCUT2D eigenvalue weighted by atomic mass is 9.84. The van der Waals surface area contributed by atoms with Crippen molar-refractivity contribution in [3.8, 4) is 5.75 Å². The first-order valence-corrected chi connectivity index (χ1v) is 7.21. The number of rotatable bonds is 5. The van der Waals surface area contributed by atoms with Crippen LogP contribution in [0.25, 0.3) is 0 Å². The maximum absolute atomic E-state index is 5.76. The van der Waals surface area contributed by atoms with Gasteiger partial charge >= 0.3 is 0 Å². The summed E-state index contributed by atoms with van der Waals surface area (Å²) in [5.74, 6) is 2.40. The van der Waals surface area contributed by atoms with Gasteiger partial charge in [0.05, 0.1) is 7.11 Å². The Hall–Kier alpha value is -0.980. The summed E-state index contributed by atoms with van der Waals surface area (Å²) in [6.45, 7) is 9.27. The Kier molecular flexibility index (Phi) is 3.70. The number of benzene rings is 1. The molecular formula is C17H26O. The number of para-hydroxylation sites is 1. The van der Waals surface area contributed by atoms with E-state index < -0.39 is 0 Å². The second kappa shape index (κ2) is 4.95. The van der Waals surface area contributed by atoms with E-state index in [2.05, 4.69) is 45.9 Å². The van der Waals surface area contributed by atoms with Crippen molar-refractivity contribution in [2.45, 2.75) is 58.3 Å². The molecule has 0 bridgehead atoms. The lowest BCUT2D eigenvalue weighted by Gasteiger charge is -2.24. The molecule has 100 valence electrons. The Balaban J connectivity index is 2.42. The molecular weight excluding hydrogens is 220 g/mol. The van der Waals surface area contributed by atoms with Crippen LogP contribution in [-0.4, -0.2) is 7.11 Å². The topological polar surface area (TPSA) is 9.23 Å². The third kappa shape index (κ3) is 2.28. The number of hydrogen-bond acceptors (Lipinski definition) is 1. The minimum atomic E-state index is 0.372. The van der Waals surface area contributed by atoms with Crippen molar-refractivity contribution in [1.82, 2.24) is 0 Å². The molecule has 0 amide bonds. The Bertz CT molecular complexity index is 418. The quantitative estimate of drug-likeness (QED) is 0.718. The van der Waals surface area contributed by atoms with Crippen LogP contribution >= 0.6 is 0 Å². The summed E-state index contributed by atoms with van der Waals surface area (Å²) in [5, 5.41) is 0. The Labute approximate surface area is 112 Å². The third-order valence-electron chi connectivity index (χ3n) is 4.89. The zero-order chi connectivity index (χ0) is 13.3. The fraction of sp³-hybridized carbons (Fsp3) is 0.647. The molecule has 1 aliphatic carbocycles. The number of methoxy groups -OCH3 is 1. The van der Waals surface area contributed by atoms with Gasteiger partial charge in [0.2, 0.25) is 0 Å². The highest BCUT2D eigenvalue weighted by Gasteiger charge is 2.41. The van der Waals surface area contributed by atoms with E-state index in [1.54, 1.807) is 0 Å². The molecule has 0 saturated heterocycles. The lowest BCUT2D eigenvalue weighted by Crippen LogP contribution is -2.10. The first-order valence-electron chi connectivity index (χ1n) is 7.21. The molecule has 2 unspecified atom stereocenters. The predicted octanol–water partition coefficient (Wildman–Crippen LogP) is 4.90. The van der Waals surface area contributed by atoms with Gasteiger partial charge in [-0.2, -0.15) is 0 Å². The molecule has 0 spiro atoms. The van der Waals surface area contributed by atoms with E-state index >= 15 is 0 Å². The molecule has 1 aromatic rings. The summed E-state index contributed by atoms with van der Waals surface area (Å²) >= 11 is 0. The van der Waals surface area contributed by atoms with Crippen LogP contribution in [0, 0.1) is 5.92 Å². The SMILES string of the molecule is CCC(C)C(C)c1cccc(C2(C)CC2)c1OC. The van der Waals surface area contributed by atoms with Crippen LogP contribution in [0.15, 0.2) is 18.2 Å². The van der Waals surface area contributed by atoms with Gasteiger partial charge in [0.25, 0.3) is 0 Å². The van der Waals surface area contributed by atoms with Gasteiger partial charge in [0.15, 0.2) is 0 Å². The monoisotopic (exact) mass is 246 g/mol. The summed E-state index contributed by atoms with van der Waals surface area (Å²) in [4.78, 5) is 0. The van der Waals surface area contributed by atoms with Crippen LogP contribution in [0.4, 0.5) is 0 Å². The molecule has 0 N–H and O–H groups in total. The normalized spacial score (nSPS) is 20.3. The summed E-state index contributed by atoms with van der Waals surface area (Å²) in [6.07, 6.45) is 3.81. The smallest absolute Gasteiger partial charge is 0.126 e. The Morgan fingerprint density at radius 3 is 2.44 bits per heavy atom. The molecule has 2 atom stereocenters. The molecule has 1 aromatic carbocycles. The average Bonchev–Trinajstić information content (AvgIpc) is 3.15. The molecule has 0 radical (unpaired) electrons. The van der Waals surface area contributed by atoms with Gasteiger partial charge in [0, 0.05) is 5.56 Å². The number of ether oxygens (including phenoxy) is 1. The fourth-order valence-electron chi connectivity index (χ4n) is 2.73. The predicted molar refractivity (Wildman–Crippen MR) is 77.5 cm³/mol. The maximum Gasteiger partial charge on any atom is 0.126 e. The maximum atomic E-state index is 5.76. The molecule has 18 heavy (non-hydrogen) atoms. The van der Waals surface area contributed by atoms with E-state index in [4.69, 9.17) is 4.74 Å². The van der Waals surface area contributed by atoms with Crippen molar-refractivity contribution in [2.24, 2.45) is 5.92 Å². The number of hydrogen-bond donors (Lipinski definition) is 0. The zero-order valence-electron chi connectivity index (χ0n) is 12.4. The van der Waals surface area contributed by atoms with E-state index in [-0.39, 0.29) is 0 Å². The summed E-state index contributed by atoms with van der Waals surface area (Å²) < 4.78 is 5.76. The van der Waals surface area contributed by atoms with Gasteiger partial charge in [0.1, 0.15) is 5.75 Å². The van der Waals surface area contributed by atoms with Crippen molar-refractivity contribution in [1.29, 1.82) is 0 Å². The molecule has 1 saturated carbocycles. The highest BCUT2D eigenvalue weighted by Crippen LogP contribution is 2.52. The molecule has 0 aromatic heterocycles. The van der Waals surface area contributed by atoms with Crippen molar-refractivity contribution in [3.63, 3.8) is 0 Å². The summed E-state index contributed by atoms with van der Waals surface area (Å²) in [6, 6.07) is 6.69. The van der Waals surface area contributed by atoms with E-state index in [1.165, 1.54) is 30.4 Å². The standard InChI is InChI=1S/C17H26O/c1-6-12(2)13(3)14-8-7-9-15(16(14)18-5)17(4)10-11-17/h7-9,12-13H,6,10-11H2,1-5H3. The minimum absolute atomic E-state index is 0.372.